The fourth-order valence-electron chi connectivity index (χ4n) is 5.72. The van der Waals surface area contributed by atoms with Crippen molar-refractivity contribution >= 4 is 11.8 Å². The molecule has 3 N–H and O–H groups in total. The Balaban J connectivity index is 1.10. The van der Waals surface area contributed by atoms with Crippen LogP contribution in [0.2, 0.25) is 0 Å². The van der Waals surface area contributed by atoms with Gasteiger partial charge in [-0.3, -0.25) is 24.7 Å². The van der Waals surface area contributed by atoms with E-state index in [0.29, 0.717) is 25.1 Å². The summed E-state index contributed by atoms with van der Waals surface area (Å²) >= 11 is 0. The number of H-pyrrole nitrogens is 1. The lowest BCUT2D eigenvalue weighted by Gasteiger charge is -2.39. The number of likely N-dealkylation sites (tertiary alicyclic amines) is 1. The van der Waals surface area contributed by atoms with Crippen LogP contribution in [0.4, 0.5) is 4.39 Å². The van der Waals surface area contributed by atoms with Crippen LogP contribution < -0.4 is 10.1 Å². The number of halogens is 1. The molecule has 2 amide bonds. The molecule has 3 aromatic rings. The molecule has 2 saturated carbocycles. The van der Waals surface area contributed by atoms with Gasteiger partial charge in [-0.05, 0) is 44.1 Å². The second-order valence-corrected chi connectivity index (χ2v) is 10.6. The van der Waals surface area contributed by atoms with Crippen LogP contribution in [0.15, 0.2) is 30.7 Å². The molecular formula is C27H30FN7O4. The molecule has 204 valence electrons. The Morgan fingerprint density at radius 3 is 2.82 bits per heavy atom. The highest BCUT2D eigenvalue weighted by atomic mass is 19.1. The number of amides is 2. The second kappa shape index (κ2) is 9.99. The molecule has 2 aliphatic carbocycles. The number of methoxy groups -OCH3 is 1. The lowest BCUT2D eigenvalue weighted by molar-refractivity contribution is -0.127. The number of ether oxygens (including phenoxy) is 1. The van der Waals surface area contributed by atoms with Crippen molar-refractivity contribution in [2.75, 3.05) is 20.3 Å². The molecule has 1 saturated heterocycles. The highest BCUT2D eigenvalue weighted by Crippen LogP contribution is 2.51. The van der Waals surface area contributed by atoms with Gasteiger partial charge in [-0.25, -0.2) is 9.37 Å². The Kier molecular flexibility index (Phi) is 6.49. The number of aliphatic hydroxyl groups is 1. The van der Waals surface area contributed by atoms with E-state index < -0.39 is 5.82 Å². The van der Waals surface area contributed by atoms with Gasteiger partial charge in [-0.2, -0.15) is 5.10 Å². The van der Waals surface area contributed by atoms with E-state index in [0.717, 1.165) is 36.8 Å². The number of aromatic nitrogens is 5. The van der Waals surface area contributed by atoms with Gasteiger partial charge in [0.1, 0.15) is 0 Å². The highest BCUT2D eigenvalue weighted by molar-refractivity contribution is 5.94. The number of carbonyl (C=O) groups excluding carboxylic acids is 2. The van der Waals surface area contributed by atoms with Gasteiger partial charge in [0.25, 0.3) is 5.91 Å². The zero-order valence-electron chi connectivity index (χ0n) is 21.6. The average Bonchev–Trinajstić information content (AvgIpc) is 3.87. The third-order valence-corrected chi connectivity index (χ3v) is 8.21. The minimum atomic E-state index is -0.553. The number of aliphatic hydroxyl groups excluding tert-OH is 1. The predicted octanol–water partition coefficient (Wildman–Crippen LogP) is 2.21. The first-order valence-corrected chi connectivity index (χ1v) is 13.2. The zero-order valence-corrected chi connectivity index (χ0v) is 21.6. The summed E-state index contributed by atoms with van der Waals surface area (Å²) in [5.74, 6) is -0.391. The van der Waals surface area contributed by atoms with E-state index in [1.54, 1.807) is 12.4 Å². The normalized spacial score (nSPS) is 22.9. The van der Waals surface area contributed by atoms with Gasteiger partial charge in [0, 0.05) is 54.5 Å². The van der Waals surface area contributed by atoms with Crippen molar-refractivity contribution in [2.24, 2.45) is 11.8 Å². The van der Waals surface area contributed by atoms with Crippen LogP contribution in [0.3, 0.4) is 0 Å². The number of rotatable bonds is 8. The van der Waals surface area contributed by atoms with E-state index in [1.807, 2.05) is 4.90 Å². The summed E-state index contributed by atoms with van der Waals surface area (Å²) in [7, 11) is 1.44. The monoisotopic (exact) mass is 535 g/mol. The first kappa shape index (κ1) is 25.4. The van der Waals surface area contributed by atoms with Crippen LogP contribution in [0.25, 0.3) is 11.3 Å². The van der Waals surface area contributed by atoms with Crippen molar-refractivity contribution in [2.45, 2.75) is 50.1 Å². The van der Waals surface area contributed by atoms with Crippen LogP contribution in [-0.2, 0) is 11.3 Å². The van der Waals surface area contributed by atoms with Crippen molar-refractivity contribution in [1.29, 1.82) is 0 Å². The quantitative estimate of drug-likeness (QED) is 0.398. The smallest absolute Gasteiger partial charge is 0.274 e. The lowest BCUT2D eigenvalue weighted by Crippen LogP contribution is -2.50. The average molecular weight is 536 g/mol. The van der Waals surface area contributed by atoms with E-state index in [1.165, 1.54) is 19.2 Å². The fourth-order valence-corrected chi connectivity index (χ4v) is 5.72. The van der Waals surface area contributed by atoms with Gasteiger partial charge >= 0.3 is 0 Å². The summed E-state index contributed by atoms with van der Waals surface area (Å²) in [6, 6.07) is 2.98. The van der Waals surface area contributed by atoms with Crippen LogP contribution in [0, 0.1) is 17.7 Å². The van der Waals surface area contributed by atoms with Crippen molar-refractivity contribution in [3.63, 3.8) is 0 Å². The van der Waals surface area contributed by atoms with Gasteiger partial charge in [-0.15, -0.1) is 0 Å². The molecule has 4 heterocycles. The summed E-state index contributed by atoms with van der Waals surface area (Å²) in [5, 5.41) is 19.4. The number of hydrogen-bond acceptors (Lipinski definition) is 8. The molecule has 3 atom stereocenters. The third kappa shape index (κ3) is 4.84. The number of hydrogen-bond donors (Lipinski definition) is 3. The topological polar surface area (TPSA) is 146 Å². The molecule has 39 heavy (non-hydrogen) atoms. The van der Waals surface area contributed by atoms with Crippen LogP contribution >= 0.6 is 0 Å². The number of piperidine rings is 1. The molecular weight excluding hydrogens is 505 g/mol. The number of aromatic amines is 1. The van der Waals surface area contributed by atoms with E-state index in [2.05, 4.69) is 30.5 Å². The summed E-state index contributed by atoms with van der Waals surface area (Å²) in [6.07, 6.45) is 7.98. The molecule has 11 nitrogen and oxygen atoms in total. The van der Waals surface area contributed by atoms with Crippen molar-refractivity contribution in [3.8, 4) is 17.1 Å². The van der Waals surface area contributed by atoms with Gasteiger partial charge in [-0.1, -0.05) is 0 Å². The molecule has 3 fully saturated rings. The number of nitrogens with one attached hydrogen (secondary N) is 2. The Hall–Kier alpha value is -3.93. The first-order chi connectivity index (χ1) is 18.9. The summed E-state index contributed by atoms with van der Waals surface area (Å²) in [5.41, 5.74) is 1.99. The molecule has 0 radical (unpaired) electrons. The van der Waals surface area contributed by atoms with Crippen molar-refractivity contribution in [3.05, 3.63) is 53.6 Å². The van der Waals surface area contributed by atoms with Crippen LogP contribution in [0.5, 0.6) is 5.88 Å². The molecule has 12 heteroatoms. The Morgan fingerprint density at radius 1 is 1.26 bits per heavy atom. The molecule has 0 aromatic carbocycles. The summed E-state index contributed by atoms with van der Waals surface area (Å²) < 4.78 is 19.4. The Bertz CT molecular complexity index is 1410. The number of nitrogens with zero attached hydrogens (tertiary/aromatic N) is 5. The molecule has 1 spiro atoms. The van der Waals surface area contributed by atoms with Gasteiger partial charge in [0.2, 0.25) is 11.8 Å². The minimum Gasteiger partial charge on any atom is -0.481 e. The first-order valence-electron chi connectivity index (χ1n) is 13.2. The highest BCUT2D eigenvalue weighted by Gasteiger charge is 2.54. The van der Waals surface area contributed by atoms with Gasteiger partial charge < -0.3 is 20.1 Å². The van der Waals surface area contributed by atoms with E-state index in [-0.39, 0.29) is 65.4 Å². The van der Waals surface area contributed by atoms with Gasteiger partial charge in [0.05, 0.1) is 36.9 Å². The Labute approximate surface area is 224 Å². The van der Waals surface area contributed by atoms with Crippen molar-refractivity contribution < 1.29 is 23.8 Å². The molecule has 3 aromatic heterocycles. The number of pyridine rings is 1. The molecule has 6 rings (SSSR count). The number of carbonyl (C=O) groups is 2. The second-order valence-electron chi connectivity index (χ2n) is 10.6. The van der Waals surface area contributed by atoms with Gasteiger partial charge in [0.15, 0.2) is 11.5 Å². The van der Waals surface area contributed by atoms with Crippen LogP contribution in [0.1, 0.15) is 59.9 Å². The molecule has 1 aliphatic heterocycles. The largest absolute Gasteiger partial charge is 0.481 e. The predicted molar refractivity (Wildman–Crippen MR) is 136 cm³/mol. The van der Waals surface area contributed by atoms with E-state index >= 15 is 0 Å². The molecule has 3 aliphatic rings. The maximum atomic E-state index is 14.4. The fraction of sp³-hybridized carbons (Fsp3) is 0.481. The maximum absolute atomic E-state index is 14.4. The SMILES string of the molecule is COc1cc(-c2cc(C(=O)N3CC[C@H](C(=O)NCc4nccnc4[C@H]4C[C@@H]4CO)CC34CC4)n[nH]2)c(F)cn1. The summed E-state index contributed by atoms with van der Waals surface area (Å²) in [6.45, 7) is 0.851. The van der Waals surface area contributed by atoms with E-state index in [9.17, 15) is 19.1 Å². The Morgan fingerprint density at radius 2 is 2.08 bits per heavy atom. The minimum absolute atomic E-state index is 0.0522. The zero-order chi connectivity index (χ0) is 27.1. The molecule has 0 unspecified atom stereocenters. The van der Waals surface area contributed by atoms with Crippen molar-refractivity contribution in [1.82, 2.24) is 35.4 Å². The standard InChI is InChI=1S/C27H30FN7O4/c1-39-23-9-18(19(28)12-31-23)20-10-21(34-33-20)26(38)35-7-2-15(11-27(35)3-4-27)25(37)32-13-22-24(30-6-5-29-22)17-8-16(17)14-36/h5-6,9-10,12,15-17,36H,2-4,7-8,11,13-14H2,1H3,(H,32,37)(H,33,34)/t15-,16+,17-/m0/s1. The van der Waals surface area contributed by atoms with E-state index in [4.69, 9.17) is 4.74 Å². The molecule has 0 bridgehead atoms. The third-order valence-electron chi connectivity index (χ3n) is 8.21. The van der Waals surface area contributed by atoms with Crippen LogP contribution in [-0.4, -0.2) is 72.8 Å². The summed E-state index contributed by atoms with van der Waals surface area (Å²) in [4.78, 5) is 41.1. The lowest BCUT2D eigenvalue weighted by atomic mass is 9.88. The maximum Gasteiger partial charge on any atom is 0.274 e.